The molecule has 0 aliphatic carbocycles. The summed E-state index contributed by atoms with van der Waals surface area (Å²) >= 11 is 0. The van der Waals surface area contributed by atoms with Crippen molar-refractivity contribution in [3.63, 3.8) is 0 Å². The van der Waals surface area contributed by atoms with Gasteiger partial charge in [0.2, 0.25) is 0 Å². The number of anilines is 1. The standard InChI is InChI=1S/C12H11F3N4O2/c1-18-9(4-5-17-18)7-16-11-3-2-8(19(20)21)6-10(11)12(13,14)15/h2-6,16H,7H2,1H3. The molecule has 0 aliphatic heterocycles. The number of aryl methyl sites for hydroxylation is 1. The summed E-state index contributed by atoms with van der Waals surface area (Å²) in [4.78, 5) is 9.73. The van der Waals surface area contributed by atoms with E-state index in [0.717, 1.165) is 12.1 Å². The molecule has 21 heavy (non-hydrogen) atoms. The predicted molar refractivity (Wildman–Crippen MR) is 68.6 cm³/mol. The Bertz CT molecular complexity index is 667. The van der Waals surface area contributed by atoms with E-state index in [4.69, 9.17) is 0 Å². The van der Waals surface area contributed by atoms with Gasteiger partial charge >= 0.3 is 6.18 Å². The van der Waals surface area contributed by atoms with Crippen molar-refractivity contribution in [2.45, 2.75) is 12.7 Å². The van der Waals surface area contributed by atoms with Gasteiger partial charge in [0, 0.05) is 31.1 Å². The molecule has 2 aromatic rings. The van der Waals surface area contributed by atoms with E-state index in [1.54, 1.807) is 13.1 Å². The van der Waals surface area contributed by atoms with Gasteiger partial charge in [-0.2, -0.15) is 18.3 Å². The molecule has 9 heteroatoms. The van der Waals surface area contributed by atoms with E-state index >= 15 is 0 Å². The Kier molecular flexibility index (Phi) is 3.83. The number of benzene rings is 1. The summed E-state index contributed by atoms with van der Waals surface area (Å²) in [7, 11) is 1.66. The molecule has 1 aromatic carbocycles. The van der Waals surface area contributed by atoms with Crippen LogP contribution in [0.4, 0.5) is 24.5 Å². The third-order valence-corrected chi connectivity index (χ3v) is 2.90. The highest BCUT2D eigenvalue weighted by atomic mass is 19.4. The molecule has 2 rings (SSSR count). The Morgan fingerprint density at radius 2 is 2.10 bits per heavy atom. The van der Waals surface area contributed by atoms with E-state index in [-0.39, 0.29) is 12.2 Å². The van der Waals surface area contributed by atoms with Crippen molar-refractivity contribution in [2.75, 3.05) is 5.32 Å². The zero-order chi connectivity index (χ0) is 15.6. The fourth-order valence-electron chi connectivity index (χ4n) is 1.80. The highest BCUT2D eigenvalue weighted by Gasteiger charge is 2.35. The van der Waals surface area contributed by atoms with Gasteiger partial charge in [-0.15, -0.1) is 0 Å². The number of aromatic nitrogens is 2. The lowest BCUT2D eigenvalue weighted by atomic mass is 10.1. The maximum Gasteiger partial charge on any atom is 0.418 e. The van der Waals surface area contributed by atoms with Gasteiger partial charge < -0.3 is 5.32 Å². The van der Waals surface area contributed by atoms with Gasteiger partial charge in [0.1, 0.15) is 0 Å². The van der Waals surface area contributed by atoms with Crippen LogP contribution in [-0.2, 0) is 19.8 Å². The molecule has 0 unspecified atom stereocenters. The Hall–Kier alpha value is -2.58. The van der Waals surface area contributed by atoms with Crippen molar-refractivity contribution < 1.29 is 18.1 Å². The molecule has 0 radical (unpaired) electrons. The maximum absolute atomic E-state index is 13.0. The summed E-state index contributed by atoms with van der Waals surface area (Å²) < 4.78 is 40.4. The predicted octanol–water partition coefficient (Wildman–Crippen LogP) is 2.96. The number of nitrogens with one attached hydrogen (secondary N) is 1. The molecule has 1 heterocycles. The van der Waals surface area contributed by atoms with E-state index in [1.807, 2.05) is 0 Å². The van der Waals surface area contributed by atoms with Crippen molar-refractivity contribution in [1.29, 1.82) is 0 Å². The largest absolute Gasteiger partial charge is 0.418 e. The van der Waals surface area contributed by atoms with Crippen molar-refractivity contribution in [1.82, 2.24) is 9.78 Å². The van der Waals surface area contributed by atoms with Crippen LogP contribution in [0.5, 0.6) is 0 Å². The van der Waals surface area contributed by atoms with Crippen molar-refractivity contribution in [2.24, 2.45) is 7.05 Å². The molecule has 0 bridgehead atoms. The summed E-state index contributed by atoms with van der Waals surface area (Å²) in [6, 6.07) is 4.26. The Balaban J connectivity index is 2.30. The average molecular weight is 300 g/mol. The lowest BCUT2D eigenvalue weighted by Crippen LogP contribution is -2.12. The number of non-ortho nitro benzene ring substituents is 1. The van der Waals surface area contributed by atoms with E-state index in [2.05, 4.69) is 10.4 Å². The number of nitrogens with zero attached hydrogens (tertiary/aromatic N) is 3. The highest BCUT2D eigenvalue weighted by Crippen LogP contribution is 2.37. The number of hydrogen-bond acceptors (Lipinski definition) is 4. The molecule has 0 saturated heterocycles. The number of alkyl halides is 3. The van der Waals surface area contributed by atoms with Gasteiger partial charge in [0.15, 0.2) is 0 Å². The van der Waals surface area contributed by atoms with Crippen LogP contribution >= 0.6 is 0 Å². The molecule has 0 amide bonds. The van der Waals surface area contributed by atoms with Gasteiger partial charge in [0.05, 0.1) is 22.7 Å². The van der Waals surface area contributed by atoms with E-state index < -0.39 is 22.4 Å². The van der Waals surface area contributed by atoms with Gasteiger partial charge in [-0.3, -0.25) is 14.8 Å². The molecule has 0 aliphatic rings. The Morgan fingerprint density at radius 1 is 1.38 bits per heavy atom. The second-order valence-electron chi connectivity index (χ2n) is 4.28. The minimum absolute atomic E-state index is 0.122. The van der Waals surface area contributed by atoms with Crippen molar-refractivity contribution in [3.8, 4) is 0 Å². The summed E-state index contributed by atoms with van der Waals surface area (Å²) in [5.74, 6) is 0. The van der Waals surface area contributed by atoms with Crippen LogP contribution in [-0.4, -0.2) is 14.7 Å². The Morgan fingerprint density at radius 3 is 2.62 bits per heavy atom. The van der Waals surface area contributed by atoms with Gasteiger partial charge in [0.25, 0.3) is 5.69 Å². The van der Waals surface area contributed by atoms with E-state index in [1.165, 1.54) is 10.9 Å². The minimum atomic E-state index is -4.68. The van der Waals surface area contributed by atoms with Crippen LogP contribution in [0.3, 0.4) is 0 Å². The van der Waals surface area contributed by atoms with Crippen LogP contribution in [0.2, 0.25) is 0 Å². The fourth-order valence-corrected chi connectivity index (χ4v) is 1.80. The molecule has 6 nitrogen and oxygen atoms in total. The van der Waals surface area contributed by atoms with Crippen molar-refractivity contribution >= 4 is 11.4 Å². The average Bonchev–Trinajstić information content (AvgIpc) is 2.80. The molecule has 1 N–H and O–H groups in total. The first-order valence-electron chi connectivity index (χ1n) is 5.85. The topological polar surface area (TPSA) is 73.0 Å². The zero-order valence-corrected chi connectivity index (χ0v) is 10.9. The Labute approximate surface area is 117 Å². The summed E-state index contributed by atoms with van der Waals surface area (Å²) in [5.41, 5.74) is -1.21. The fraction of sp³-hybridized carbons (Fsp3) is 0.250. The van der Waals surface area contributed by atoms with Crippen LogP contribution in [0.25, 0.3) is 0 Å². The first-order chi connectivity index (χ1) is 9.79. The second kappa shape index (κ2) is 5.43. The van der Waals surface area contributed by atoms with Crippen molar-refractivity contribution in [3.05, 3.63) is 51.8 Å². The molecule has 0 saturated carbocycles. The maximum atomic E-state index is 13.0. The molecule has 0 spiro atoms. The quantitative estimate of drug-likeness (QED) is 0.696. The molecule has 1 aromatic heterocycles. The molecular formula is C12H11F3N4O2. The minimum Gasteiger partial charge on any atom is -0.379 e. The molecular weight excluding hydrogens is 289 g/mol. The smallest absolute Gasteiger partial charge is 0.379 e. The van der Waals surface area contributed by atoms with Gasteiger partial charge in [-0.1, -0.05) is 0 Å². The highest BCUT2D eigenvalue weighted by molar-refractivity contribution is 5.57. The van der Waals surface area contributed by atoms with E-state index in [0.29, 0.717) is 11.8 Å². The van der Waals surface area contributed by atoms with Crippen LogP contribution < -0.4 is 5.32 Å². The number of nitro groups is 1. The number of hydrogen-bond donors (Lipinski definition) is 1. The summed E-state index contributed by atoms with van der Waals surface area (Å²) in [6.45, 7) is 0.122. The number of rotatable bonds is 4. The zero-order valence-electron chi connectivity index (χ0n) is 10.9. The SMILES string of the molecule is Cn1nccc1CNc1ccc([N+](=O)[O-])cc1C(F)(F)F. The lowest BCUT2D eigenvalue weighted by Gasteiger charge is -2.14. The first-order valence-corrected chi connectivity index (χ1v) is 5.85. The van der Waals surface area contributed by atoms with Crippen LogP contribution in [0.15, 0.2) is 30.5 Å². The summed E-state index contributed by atoms with van der Waals surface area (Å²) in [5, 5.41) is 17.1. The summed E-state index contributed by atoms with van der Waals surface area (Å²) in [6.07, 6.45) is -3.15. The molecule has 0 fully saturated rings. The van der Waals surface area contributed by atoms with Crippen LogP contribution in [0, 0.1) is 10.1 Å². The van der Waals surface area contributed by atoms with E-state index in [9.17, 15) is 23.3 Å². The third-order valence-electron chi connectivity index (χ3n) is 2.90. The second-order valence-corrected chi connectivity index (χ2v) is 4.28. The van der Waals surface area contributed by atoms with Gasteiger partial charge in [-0.25, -0.2) is 0 Å². The monoisotopic (exact) mass is 300 g/mol. The van der Waals surface area contributed by atoms with Crippen LogP contribution in [0.1, 0.15) is 11.3 Å². The third kappa shape index (κ3) is 3.30. The molecule has 112 valence electrons. The number of nitro benzene ring substituents is 1. The molecule has 0 atom stereocenters. The van der Waals surface area contributed by atoms with Gasteiger partial charge in [-0.05, 0) is 12.1 Å². The first kappa shape index (κ1) is 14.8. The number of halogens is 3. The normalized spacial score (nSPS) is 11.4. The lowest BCUT2D eigenvalue weighted by molar-refractivity contribution is -0.385.